The molecule has 1 aliphatic heterocycles. The zero-order chi connectivity index (χ0) is 13.9. The molecule has 0 N–H and O–H groups in total. The first-order valence-corrected chi connectivity index (χ1v) is 8.13. The van der Waals surface area contributed by atoms with Crippen molar-refractivity contribution >= 4 is 17.2 Å². The van der Waals surface area contributed by atoms with Crippen LogP contribution in [0.2, 0.25) is 0 Å². The average molecular weight is 288 g/mol. The zero-order valence-electron chi connectivity index (χ0n) is 12.0. The van der Waals surface area contributed by atoms with Gasteiger partial charge in [-0.2, -0.15) is 0 Å². The third-order valence-electron chi connectivity index (χ3n) is 3.75. The van der Waals surface area contributed by atoms with Crippen molar-refractivity contribution in [2.45, 2.75) is 39.0 Å². The van der Waals surface area contributed by atoms with E-state index in [1.165, 1.54) is 17.8 Å². The van der Waals surface area contributed by atoms with Crippen LogP contribution in [0.1, 0.15) is 42.2 Å². The second-order valence-electron chi connectivity index (χ2n) is 5.29. The van der Waals surface area contributed by atoms with Gasteiger partial charge in [0.15, 0.2) is 0 Å². The molecule has 0 amide bonds. The lowest BCUT2D eigenvalue weighted by Gasteiger charge is -2.33. The quantitative estimate of drug-likeness (QED) is 0.870. The van der Waals surface area contributed by atoms with E-state index in [-0.39, 0.29) is 0 Å². The molecule has 5 heteroatoms. The minimum absolute atomic E-state index is 0.545. The van der Waals surface area contributed by atoms with Crippen molar-refractivity contribution < 1.29 is 0 Å². The van der Waals surface area contributed by atoms with Gasteiger partial charge in [-0.15, -0.1) is 11.3 Å². The van der Waals surface area contributed by atoms with E-state index in [0.29, 0.717) is 5.92 Å². The highest BCUT2D eigenvalue weighted by Gasteiger charge is 2.24. The molecule has 1 atom stereocenters. The molecule has 3 rings (SSSR count). The number of hydrogen-bond donors (Lipinski definition) is 0. The summed E-state index contributed by atoms with van der Waals surface area (Å²) >= 11 is 1.77. The first kappa shape index (κ1) is 13.5. The number of hydrogen-bond acceptors (Lipinski definition) is 5. The monoisotopic (exact) mass is 288 g/mol. The molecule has 1 fully saturated rings. The minimum atomic E-state index is 0.545. The Morgan fingerprint density at radius 3 is 3.05 bits per heavy atom. The SMILES string of the molecule is CCc1nc(C)cc(N2CCCC(c3nccs3)C2)n1. The van der Waals surface area contributed by atoms with E-state index >= 15 is 0 Å². The Morgan fingerprint density at radius 1 is 1.40 bits per heavy atom. The molecular formula is C15H20N4S. The Labute approximate surface area is 123 Å². The first-order valence-electron chi connectivity index (χ1n) is 7.25. The Morgan fingerprint density at radius 2 is 2.30 bits per heavy atom. The highest BCUT2D eigenvalue weighted by Crippen LogP contribution is 2.30. The summed E-state index contributed by atoms with van der Waals surface area (Å²) in [6.45, 7) is 6.26. The van der Waals surface area contributed by atoms with Crippen molar-refractivity contribution in [2.24, 2.45) is 0 Å². The largest absolute Gasteiger partial charge is 0.356 e. The van der Waals surface area contributed by atoms with Crippen molar-refractivity contribution in [2.75, 3.05) is 18.0 Å². The molecule has 3 heterocycles. The van der Waals surface area contributed by atoms with Crippen LogP contribution in [0.25, 0.3) is 0 Å². The highest BCUT2D eigenvalue weighted by atomic mass is 32.1. The van der Waals surface area contributed by atoms with Gasteiger partial charge < -0.3 is 4.90 Å². The fraction of sp³-hybridized carbons (Fsp3) is 0.533. The lowest BCUT2D eigenvalue weighted by molar-refractivity contribution is 0.504. The Bertz CT molecular complexity index is 567. The molecule has 2 aromatic heterocycles. The average Bonchev–Trinajstić information content (AvgIpc) is 3.01. The van der Waals surface area contributed by atoms with Gasteiger partial charge in [-0.25, -0.2) is 15.0 Å². The predicted molar refractivity (Wildman–Crippen MR) is 82.4 cm³/mol. The first-order chi connectivity index (χ1) is 9.76. The van der Waals surface area contributed by atoms with Crippen LogP contribution in [0.4, 0.5) is 5.82 Å². The maximum absolute atomic E-state index is 4.69. The van der Waals surface area contributed by atoms with Gasteiger partial charge in [-0.3, -0.25) is 0 Å². The molecule has 0 spiro atoms. The minimum Gasteiger partial charge on any atom is -0.356 e. The van der Waals surface area contributed by atoms with Crippen molar-refractivity contribution in [3.63, 3.8) is 0 Å². The van der Waals surface area contributed by atoms with Crippen LogP contribution >= 0.6 is 11.3 Å². The van der Waals surface area contributed by atoms with Crippen LogP contribution in [0, 0.1) is 6.92 Å². The predicted octanol–water partition coefficient (Wildman–Crippen LogP) is 3.19. The summed E-state index contributed by atoms with van der Waals surface area (Å²) in [6, 6.07) is 2.10. The second-order valence-corrected chi connectivity index (χ2v) is 6.22. The molecule has 1 aliphatic rings. The maximum Gasteiger partial charge on any atom is 0.132 e. The lowest BCUT2D eigenvalue weighted by Crippen LogP contribution is -2.35. The van der Waals surface area contributed by atoms with Gasteiger partial charge in [0.25, 0.3) is 0 Å². The number of thiazole rings is 1. The van der Waals surface area contributed by atoms with Crippen molar-refractivity contribution in [3.05, 3.63) is 34.2 Å². The van der Waals surface area contributed by atoms with E-state index in [1.807, 2.05) is 13.1 Å². The summed E-state index contributed by atoms with van der Waals surface area (Å²) in [4.78, 5) is 16.0. The molecule has 0 aromatic carbocycles. The van der Waals surface area contributed by atoms with Crippen LogP contribution in [-0.2, 0) is 6.42 Å². The molecule has 20 heavy (non-hydrogen) atoms. The summed E-state index contributed by atoms with van der Waals surface area (Å²) < 4.78 is 0. The maximum atomic E-state index is 4.69. The zero-order valence-corrected chi connectivity index (χ0v) is 12.9. The number of piperidine rings is 1. The van der Waals surface area contributed by atoms with Crippen LogP contribution < -0.4 is 4.90 Å². The summed E-state index contributed by atoms with van der Waals surface area (Å²) in [7, 11) is 0. The molecule has 1 saturated heterocycles. The van der Waals surface area contributed by atoms with E-state index in [0.717, 1.165) is 36.8 Å². The Hall–Kier alpha value is -1.49. The van der Waals surface area contributed by atoms with Crippen LogP contribution in [0.3, 0.4) is 0 Å². The van der Waals surface area contributed by atoms with Crippen LogP contribution in [0.5, 0.6) is 0 Å². The molecule has 106 valence electrons. The standard InChI is InChI=1S/C15H20N4S/c1-3-13-17-11(2)9-14(18-13)19-7-4-5-12(10-19)15-16-6-8-20-15/h6,8-9,12H,3-5,7,10H2,1-2H3. The summed E-state index contributed by atoms with van der Waals surface area (Å²) in [5, 5.41) is 3.33. The molecule has 2 aromatic rings. The van der Waals surface area contributed by atoms with Gasteiger partial charge in [0.2, 0.25) is 0 Å². The summed E-state index contributed by atoms with van der Waals surface area (Å²) in [5.41, 5.74) is 1.06. The van der Waals surface area contributed by atoms with Crippen molar-refractivity contribution in [1.82, 2.24) is 15.0 Å². The highest BCUT2D eigenvalue weighted by molar-refractivity contribution is 7.09. The van der Waals surface area contributed by atoms with Crippen molar-refractivity contribution in [3.8, 4) is 0 Å². The molecule has 0 aliphatic carbocycles. The van der Waals surface area contributed by atoms with E-state index in [9.17, 15) is 0 Å². The fourth-order valence-corrected chi connectivity index (χ4v) is 3.52. The van der Waals surface area contributed by atoms with E-state index in [4.69, 9.17) is 0 Å². The summed E-state index contributed by atoms with van der Waals surface area (Å²) in [5.74, 6) is 2.57. The van der Waals surface area contributed by atoms with Gasteiger partial charge in [-0.05, 0) is 19.8 Å². The lowest BCUT2D eigenvalue weighted by atomic mass is 9.99. The molecule has 1 unspecified atom stereocenters. The number of aromatic nitrogens is 3. The van der Waals surface area contributed by atoms with E-state index < -0.39 is 0 Å². The number of anilines is 1. The van der Waals surface area contributed by atoms with Gasteiger partial charge in [0, 0.05) is 48.8 Å². The smallest absolute Gasteiger partial charge is 0.132 e. The number of rotatable bonds is 3. The van der Waals surface area contributed by atoms with E-state index in [2.05, 4.69) is 38.2 Å². The van der Waals surface area contributed by atoms with Gasteiger partial charge in [0.05, 0.1) is 5.01 Å². The van der Waals surface area contributed by atoms with E-state index in [1.54, 1.807) is 11.3 Å². The van der Waals surface area contributed by atoms with Crippen LogP contribution in [0.15, 0.2) is 17.6 Å². The molecule has 0 bridgehead atoms. The third-order valence-corrected chi connectivity index (χ3v) is 4.69. The Balaban J connectivity index is 1.81. The molecule has 0 saturated carbocycles. The van der Waals surface area contributed by atoms with Crippen molar-refractivity contribution in [1.29, 1.82) is 0 Å². The second kappa shape index (κ2) is 5.87. The van der Waals surface area contributed by atoms with Gasteiger partial charge in [-0.1, -0.05) is 6.92 Å². The molecule has 4 nitrogen and oxygen atoms in total. The van der Waals surface area contributed by atoms with Crippen LogP contribution in [-0.4, -0.2) is 28.0 Å². The fourth-order valence-electron chi connectivity index (χ4n) is 2.76. The third kappa shape index (κ3) is 2.82. The topological polar surface area (TPSA) is 41.9 Å². The number of nitrogens with zero attached hydrogens (tertiary/aromatic N) is 4. The number of aryl methyl sites for hydroxylation is 2. The summed E-state index contributed by atoms with van der Waals surface area (Å²) in [6.07, 6.45) is 5.23. The normalized spacial score (nSPS) is 19.3. The Kier molecular flexibility index (Phi) is 3.96. The molecular weight excluding hydrogens is 268 g/mol. The van der Waals surface area contributed by atoms with Gasteiger partial charge in [0.1, 0.15) is 11.6 Å². The molecule has 0 radical (unpaired) electrons. The van der Waals surface area contributed by atoms with Gasteiger partial charge >= 0.3 is 0 Å².